The maximum Gasteiger partial charge on any atom is 0.251 e. The minimum absolute atomic E-state index is 0.0682. The zero-order valence-electron chi connectivity index (χ0n) is 13.7. The Morgan fingerprint density at radius 1 is 1.12 bits per heavy atom. The first-order chi connectivity index (χ1) is 11.8. The molecule has 1 amide bonds. The third-order valence-corrected chi connectivity index (χ3v) is 4.13. The summed E-state index contributed by atoms with van der Waals surface area (Å²) in [4.78, 5) is 12.1. The number of ether oxygens (including phenoxy) is 2. The Morgan fingerprint density at radius 2 is 1.92 bits per heavy atom. The van der Waals surface area contributed by atoms with Gasteiger partial charge in [-0.15, -0.1) is 0 Å². The SMILES string of the molecule is O=C(NC[C@@H]1CCCO1)c1ccc(OCCc2ccccc2)cc1. The van der Waals surface area contributed by atoms with E-state index in [-0.39, 0.29) is 12.0 Å². The lowest BCUT2D eigenvalue weighted by Gasteiger charge is -2.11. The monoisotopic (exact) mass is 325 g/mol. The fraction of sp³-hybridized carbons (Fsp3) is 0.350. The second-order valence-corrected chi connectivity index (χ2v) is 5.95. The van der Waals surface area contributed by atoms with E-state index in [0.717, 1.165) is 31.6 Å². The molecule has 0 aliphatic carbocycles. The van der Waals surface area contributed by atoms with Crippen LogP contribution in [0.4, 0.5) is 0 Å². The predicted octanol–water partition coefficient (Wildman–Crippen LogP) is 3.22. The molecule has 1 saturated heterocycles. The lowest BCUT2D eigenvalue weighted by molar-refractivity contribution is 0.0857. The molecule has 0 radical (unpaired) electrons. The molecule has 0 unspecified atom stereocenters. The van der Waals surface area contributed by atoms with Crippen LogP contribution in [-0.4, -0.2) is 31.8 Å². The summed E-state index contributed by atoms with van der Waals surface area (Å²) in [7, 11) is 0. The van der Waals surface area contributed by atoms with Gasteiger partial charge in [-0.25, -0.2) is 0 Å². The summed E-state index contributed by atoms with van der Waals surface area (Å²) in [6.07, 6.45) is 3.13. The molecule has 0 spiro atoms. The van der Waals surface area contributed by atoms with Gasteiger partial charge in [0.05, 0.1) is 12.7 Å². The smallest absolute Gasteiger partial charge is 0.251 e. The zero-order chi connectivity index (χ0) is 16.6. The summed E-state index contributed by atoms with van der Waals surface area (Å²) in [5, 5.41) is 2.92. The first kappa shape index (κ1) is 16.5. The second-order valence-electron chi connectivity index (χ2n) is 5.95. The van der Waals surface area contributed by atoms with E-state index in [1.54, 1.807) is 12.1 Å². The van der Waals surface area contributed by atoms with Crippen molar-refractivity contribution in [2.75, 3.05) is 19.8 Å². The van der Waals surface area contributed by atoms with E-state index >= 15 is 0 Å². The van der Waals surface area contributed by atoms with Crippen molar-refractivity contribution in [3.63, 3.8) is 0 Å². The van der Waals surface area contributed by atoms with E-state index in [1.807, 2.05) is 30.3 Å². The first-order valence-corrected chi connectivity index (χ1v) is 8.48. The first-order valence-electron chi connectivity index (χ1n) is 8.48. The third-order valence-electron chi connectivity index (χ3n) is 4.13. The van der Waals surface area contributed by atoms with Gasteiger partial charge in [-0.3, -0.25) is 4.79 Å². The number of hydrogen-bond donors (Lipinski definition) is 1. The zero-order valence-corrected chi connectivity index (χ0v) is 13.7. The number of carbonyl (C=O) groups is 1. The van der Waals surface area contributed by atoms with Crippen molar-refractivity contribution in [3.8, 4) is 5.75 Å². The van der Waals surface area contributed by atoms with E-state index in [1.165, 1.54) is 5.56 Å². The van der Waals surface area contributed by atoms with Gasteiger partial charge in [-0.1, -0.05) is 30.3 Å². The quantitative estimate of drug-likeness (QED) is 0.850. The molecule has 4 nitrogen and oxygen atoms in total. The van der Waals surface area contributed by atoms with Crippen LogP contribution in [0.25, 0.3) is 0 Å². The van der Waals surface area contributed by atoms with E-state index in [0.29, 0.717) is 18.7 Å². The van der Waals surface area contributed by atoms with Crippen LogP contribution < -0.4 is 10.1 Å². The molecule has 1 aliphatic heterocycles. The van der Waals surface area contributed by atoms with Gasteiger partial charge < -0.3 is 14.8 Å². The molecule has 1 N–H and O–H groups in total. The van der Waals surface area contributed by atoms with E-state index < -0.39 is 0 Å². The van der Waals surface area contributed by atoms with Gasteiger partial charge >= 0.3 is 0 Å². The Kier molecular flexibility index (Phi) is 5.85. The lowest BCUT2D eigenvalue weighted by Crippen LogP contribution is -2.31. The van der Waals surface area contributed by atoms with Crippen molar-refractivity contribution in [1.29, 1.82) is 0 Å². The highest BCUT2D eigenvalue weighted by molar-refractivity contribution is 5.94. The number of hydrogen-bond acceptors (Lipinski definition) is 3. The van der Waals surface area contributed by atoms with Crippen molar-refractivity contribution < 1.29 is 14.3 Å². The largest absolute Gasteiger partial charge is 0.493 e. The summed E-state index contributed by atoms with van der Waals surface area (Å²) in [6.45, 7) is 2.00. The fourth-order valence-corrected chi connectivity index (χ4v) is 2.75. The molecule has 1 aliphatic rings. The molecular weight excluding hydrogens is 302 g/mol. The average molecular weight is 325 g/mol. The molecule has 1 fully saturated rings. The Labute approximate surface area is 142 Å². The number of amides is 1. The van der Waals surface area contributed by atoms with E-state index in [9.17, 15) is 4.79 Å². The Hall–Kier alpha value is -2.33. The van der Waals surface area contributed by atoms with Crippen molar-refractivity contribution >= 4 is 5.91 Å². The number of nitrogens with one attached hydrogen (secondary N) is 1. The van der Waals surface area contributed by atoms with Crippen LogP contribution in [0.3, 0.4) is 0 Å². The summed E-state index contributed by atoms with van der Waals surface area (Å²) in [5.74, 6) is 0.711. The van der Waals surface area contributed by atoms with Gasteiger partial charge in [0.15, 0.2) is 0 Å². The fourth-order valence-electron chi connectivity index (χ4n) is 2.75. The van der Waals surface area contributed by atoms with E-state index in [2.05, 4.69) is 17.4 Å². The highest BCUT2D eigenvalue weighted by Gasteiger charge is 2.16. The van der Waals surface area contributed by atoms with Crippen molar-refractivity contribution in [3.05, 3.63) is 65.7 Å². The van der Waals surface area contributed by atoms with Crippen molar-refractivity contribution in [1.82, 2.24) is 5.32 Å². The molecule has 0 bridgehead atoms. The van der Waals surface area contributed by atoms with Crippen LogP contribution in [0.15, 0.2) is 54.6 Å². The third kappa shape index (κ3) is 4.83. The predicted molar refractivity (Wildman–Crippen MR) is 93.4 cm³/mol. The molecule has 1 atom stereocenters. The highest BCUT2D eigenvalue weighted by Crippen LogP contribution is 2.14. The van der Waals surface area contributed by atoms with Gasteiger partial charge in [0.1, 0.15) is 5.75 Å². The summed E-state index contributed by atoms with van der Waals surface area (Å²) in [5.41, 5.74) is 1.89. The Morgan fingerprint density at radius 3 is 2.62 bits per heavy atom. The second kappa shape index (κ2) is 8.50. The molecule has 24 heavy (non-hydrogen) atoms. The van der Waals surface area contributed by atoms with Crippen LogP contribution in [0.2, 0.25) is 0 Å². The topological polar surface area (TPSA) is 47.6 Å². The Balaban J connectivity index is 1.43. The molecule has 0 saturated carbocycles. The maximum absolute atomic E-state index is 12.1. The normalized spacial score (nSPS) is 16.8. The van der Waals surface area contributed by atoms with Gasteiger partial charge in [-0.2, -0.15) is 0 Å². The number of carbonyl (C=O) groups excluding carboxylic acids is 1. The molecule has 1 heterocycles. The van der Waals surface area contributed by atoms with Gasteiger partial charge in [0.2, 0.25) is 0 Å². The summed E-state index contributed by atoms with van der Waals surface area (Å²) < 4.78 is 11.2. The summed E-state index contributed by atoms with van der Waals surface area (Å²) >= 11 is 0. The average Bonchev–Trinajstić information content (AvgIpc) is 3.15. The summed E-state index contributed by atoms with van der Waals surface area (Å²) in [6, 6.07) is 17.5. The highest BCUT2D eigenvalue weighted by atomic mass is 16.5. The molecular formula is C20H23NO3. The number of rotatable bonds is 7. The van der Waals surface area contributed by atoms with Gasteiger partial charge in [-0.05, 0) is 42.7 Å². The van der Waals surface area contributed by atoms with Crippen LogP contribution in [0, 0.1) is 0 Å². The van der Waals surface area contributed by atoms with Crippen LogP contribution in [0.1, 0.15) is 28.8 Å². The van der Waals surface area contributed by atoms with Crippen LogP contribution >= 0.6 is 0 Å². The van der Waals surface area contributed by atoms with Crippen LogP contribution in [-0.2, 0) is 11.2 Å². The van der Waals surface area contributed by atoms with Crippen LogP contribution in [0.5, 0.6) is 5.75 Å². The molecule has 3 rings (SSSR count). The standard InChI is InChI=1S/C20H23NO3/c22-20(21-15-19-7-4-13-23-19)17-8-10-18(11-9-17)24-14-12-16-5-2-1-3-6-16/h1-3,5-6,8-11,19H,4,7,12-15H2,(H,21,22)/t19-/m0/s1. The Bertz CT molecular complexity index is 634. The van der Waals surface area contributed by atoms with E-state index in [4.69, 9.17) is 9.47 Å². The maximum atomic E-state index is 12.1. The molecule has 2 aromatic rings. The molecule has 2 aromatic carbocycles. The minimum Gasteiger partial charge on any atom is -0.493 e. The molecule has 0 aromatic heterocycles. The van der Waals surface area contributed by atoms with Crippen molar-refractivity contribution in [2.24, 2.45) is 0 Å². The van der Waals surface area contributed by atoms with Crippen molar-refractivity contribution in [2.45, 2.75) is 25.4 Å². The van der Waals surface area contributed by atoms with Gasteiger partial charge in [0.25, 0.3) is 5.91 Å². The van der Waals surface area contributed by atoms with Gasteiger partial charge in [0, 0.05) is 25.1 Å². The lowest BCUT2D eigenvalue weighted by atomic mass is 10.1. The minimum atomic E-state index is -0.0682. The molecule has 4 heteroatoms. The number of benzene rings is 2. The molecule has 126 valence electrons.